The topological polar surface area (TPSA) is 69.6 Å². The van der Waals surface area contributed by atoms with Crippen LogP contribution in [-0.2, 0) is 31.6 Å². The molecular formula is C32H43F10N7O. The Kier molecular flexibility index (Phi) is 13.4. The lowest BCUT2D eigenvalue weighted by molar-refractivity contribution is -0.143. The minimum Gasteiger partial charge on any atom is -0.388 e. The molecule has 3 N–H and O–H groups in total. The van der Waals surface area contributed by atoms with Crippen molar-refractivity contribution in [1.29, 1.82) is 0 Å². The largest absolute Gasteiger partial charge is 0.416 e. The van der Waals surface area contributed by atoms with Gasteiger partial charge in [0.25, 0.3) is 5.96 Å². The van der Waals surface area contributed by atoms with Crippen molar-refractivity contribution in [1.82, 2.24) is 31.0 Å². The summed E-state index contributed by atoms with van der Waals surface area (Å²) in [4.78, 5) is 2.96. The minimum atomic E-state index is -5.16. The van der Waals surface area contributed by atoms with Gasteiger partial charge < -0.3 is 15.3 Å². The van der Waals surface area contributed by atoms with Crippen molar-refractivity contribution in [2.75, 3.05) is 33.2 Å². The third-order valence-electron chi connectivity index (χ3n) is 8.40. The zero-order valence-electron chi connectivity index (χ0n) is 28.4. The summed E-state index contributed by atoms with van der Waals surface area (Å²) < 4.78 is 139. The van der Waals surface area contributed by atoms with Gasteiger partial charge in [0.05, 0.1) is 22.3 Å². The van der Waals surface area contributed by atoms with Gasteiger partial charge in [-0.3, -0.25) is 4.90 Å². The van der Waals surface area contributed by atoms with E-state index in [1.54, 1.807) is 0 Å². The molecule has 1 saturated heterocycles. The summed E-state index contributed by atoms with van der Waals surface area (Å²) >= 11 is 0. The zero-order chi connectivity index (χ0) is 37.7. The SMILES string of the molecule is CC.CCNCC1(O)CCN(C(CC)c2ccc(C(F)(F)F)cc2CN(Cc2cc(C(F)(F)F)cc(C(F)(F)F)c2)C2=NN(C)NN2F)CC1. The van der Waals surface area contributed by atoms with E-state index in [0.717, 1.165) is 22.2 Å². The summed E-state index contributed by atoms with van der Waals surface area (Å²) in [6.45, 7) is 8.17. The number of hydrogen-bond acceptors (Lipinski definition) is 8. The number of likely N-dealkylation sites (tertiary alicyclic amines) is 1. The lowest BCUT2D eigenvalue weighted by Gasteiger charge is -2.42. The Balaban J connectivity index is 0.00000332. The van der Waals surface area contributed by atoms with Crippen molar-refractivity contribution in [2.45, 2.75) is 90.2 Å². The molecule has 50 heavy (non-hydrogen) atoms. The molecule has 1 unspecified atom stereocenters. The Bertz CT molecular complexity index is 1410. The van der Waals surface area contributed by atoms with Crippen LogP contribution < -0.4 is 10.9 Å². The van der Waals surface area contributed by atoms with Crippen LogP contribution in [0.5, 0.6) is 0 Å². The number of nitrogens with one attached hydrogen (secondary N) is 2. The Morgan fingerprint density at radius 3 is 1.90 bits per heavy atom. The number of nitrogens with zero attached hydrogens (tertiary/aromatic N) is 5. The molecule has 0 amide bonds. The number of aliphatic hydroxyl groups is 1. The minimum absolute atomic E-state index is 0.0128. The van der Waals surface area contributed by atoms with E-state index in [1.165, 1.54) is 13.1 Å². The van der Waals surface area contributed by atoms with Gasteiger partial charge in [-0.2, -0.15) is 39.5 Å². The lowest BCUT2D eigenvalue weighted by atomic mass is 9.88. The van der Waals surface area contributed by atoms with Gasteiger partial charge in [0.2, 0.25) is 0 Å². The maximum atomic E-state index is 15.0. The molecule has 8 nitrogen and oxygen atoms in total. The maximum Gasteiger partial charge on any atom is 0.416 e. The van der Waals surface area contributed by atoms with E-state index in [1.807, 2.05) is 32.6 Å². The van der Waals surface area contributed by atoms with E-state index in [0.29, 0.717) is 63.1 Å². The fraction of sp³-hybridized carbons (Fsp3) is 0.594. The second kappa shape index (κ2) is 16.3. The molecule has 2 aromatic rings. The van der Waals surface area contributed by atoms with Gasteiger partial charge in [0, 0.05) is 45.8 Å². The number of hydrazone groups is 1. The summed E-state index contributed by atoms with van der Waals surface area (Å²) in [5.41, 5.74) is -3.21. The first-order valence-electron chi connectivity index (χ1n) is 16.2. The molecule has 0 bridgehead atoms. The van der Waals surface area contributed by atoms with Gasteiger partial charge in [0.15, 0.2) is 0 Å². The predicted octanol–water partition coefficient (Wildman–Crippen LogP) is 7.48. The zero-order valence-corrected chi connectivity index (χ0v) is 28.4. The first-order valence-corrected chi connectivity index (χ1v) is 16.2. The Morgan fingerprint density at radius 1 is 0.880 bits per heavy atom. The molecule has 0 saturated carbocycles. The van der Waals surface area contributed by atoms with Gasteiger partial charge in [-0.25, -0.2) is 5.12 Å². The summed E-state index contributed by atoms with van der Waals surface area (Å²) in [7, 11) is 1.26. The van der Waals surface area contributed by atoms with Crippen molar-refractivity contribution in [2.24, 2.45) is 5.10 Å². The van der Waals surface area contributed by atoms with Crippen molar-refractivity contribution in [3.63, 3.8) is 0 Å². The van der Waals surface area contributed by atoms with Crippen molar-refractivity contribution < 1.29 is 49.1 Å². The van der Waals surface area contributed by atoms with E-state index in [4.69, 9.17) is 0 Å². The van der Waals surface area contributed by atoms with Crippen molar-refractivity contribution >= 4 is 5.96 Å². The second-order valence-electron chi connectivity index (χ2n) is 12.0. The van der Waals surface area contributed by atoms with Gasteiger partial charge in [0.1, 0.15) is 0 Å². The van der Waals surface area contributed by atoms with E-state index in [9.17, 15) is 44.6 Å². The highest BCUT2D eigenvalue weighted by Crippen LogP contribution is 2.39. The molecular weight excluding hydrogens is 688 g/mol. The summed E-state index contributed by atoms with van der Waals surface area (Å²) in [6.07, 6.45) is -13.9. The number of guanidine groups is 1. The third-order valence-corrected chi connectivity index (χ3v) is 8.40. The quantitative estimate of drug-likeness (QED) is 0.173. The maximum absolute atomic E-state index is 15.0. The van der Waals surface area contributed by atoms with E-state index < -0.39 is 71.5 Å². The van der Waals surface area contributed by atoms with Gasteiger partial charge >= 0.3 is 18.5 Å². The van der Waals surface area contributed by atoms with Crippen LogP contribution in [0.4, 0.5) is 44.0 Å². The van der Waals surface area contributed by atoms with Crippen LogP contribution in [0.15, 0.2) is 41.5 Å². The van der Waals surface area contributed by atoms with Crippen molar-refractivity contribution in [3.05, 3.63) is 69.8 Å². The molecule has 4 rings (SSSR count). The second-order valence-corrected chi connectivity index (χ2v) is 12.0. The third kappa shape index (κ3) is 10.4. The summed E-state index contributed by atoms with van der Waals surface area (Å²) in [5, 5.41) is 18.7. The first kappa shape index (κ1) is 41.1. The van der Waals surface area contributed by atoms with Crippen LogP contribution >= 0.6 is 0 Å². The van der Waals surface area contributed by atoms with Gasteiger partial charge in [-0.1, -0.05) is 49.0 Å². The molecule has 0 aromatic heterocycles. The van der Waals surface area contributed by atoms with Crippen LogP contribution in [0.25, 0.3) is 0 Å². The van der Waals surface area contributed by atoms with Crippen LogP contribution in [-0.4, -0.2) is 70.0 Å². The van der Waals surface area contributed by atoms with Crippen LogP contribution in [0, 0.1) is 0 Å². The van der Waals surface area contributed by atoms with Crippen LogP contribution in [0.1, 0.15) is 86.4 Å². The fourth-order valence-corrected chi connectivity index (χ4v) is 5.99. The molecule has 2 aliphatic rings. The summed E-state index contributed by atoms with van der Waals surface area (Å²) in [6, 6.07) is 3.44. The molecule has 1 atom stereocenters. The number of piperidine rings is 1. The molecule has 1 fully saturated rings. The average molecular weight is 732 g/mol. The first-order chi connectivity index (χ1) is 23.2. The van der Waals surface area contributed by atoms with Gasteiger partial charge in [-0.05, 0) is 72.8 Å². The molecule has 282 valence electrons. The molecule has 0 spiro atoms. The Hall–Kier alpha value is -3.35. The number of alkyl halides is 9. The normalized spacial score (nSPS) is 17.7. The smallest absolute Gasteiger partial charge is 0.388 e. The fourth-order valence-electron chi connectivity index (χ4n) is 5.99. The number of benzene rings is 2. The molecule has 0 aliphatic carbocycles. The number of hydrazine groups is 2. The molecule has 2 aromatic carbocycles. The van der Waals surface area contributed by atoms with E-state index in [-0.39, 0.29) is 16.9 Å². The predicted molar refractivity (Wildman–Crippen MR) is 167 cm³/mol. The molecule has 18 heteroatoms. The molecule has 2 aliphatic heterocycles. The summed E-state index contributed by atoms with van der Waals surface area (Å²) in [5.74, 6) is -0.605. The van der Waals surface area contributed by atoms with E-state index >= 15 is 4.48 Å². The molecule has 2 heterocycles. The van der Waals surface area contributed by atoms with Crippen LogP contribution in [0.2, 0.25) is 0 Å². The molecule has 0 radical (unpaired) electrons. The standard InChI is InChI=1S/C30H37F10N7O.C2H6/c1-4-25(45-10-8-27(48,9-11-45)18-41-5-2)24-7-6-21(28(31,32)33)14-20(24)17-46(26-42-44(3)43-47(26)40)16-19-12-22(29(34,35)36)15-23(13-19)30(37,38)39;1-2/h6-7,12-15,25,41,43,48H,4-5,8-11,16-18H2,1-3H3;1-2H3. The highest BCUT2D eigenvalue weighted by Gasteiger charge is 2.39. The van der Waals surface area contributed by atoms with E-state index in [2.05, 4.69) is 16.0 Å². The average Bonchev–Trinajstić information content (AvgIpc) is 3.38. The number of hydrogen-bond donors (Lipinski definition) is 3. The Labute approximate surface area is 284 Å². The lowest BCUT2D eigenvalue weighted by Crippen LogP contribution is -2.50. The van der Waals surface area contributed by atoms with Crippen molar-refractivity contribution in [3.8, 4) is 0 Å². The monoisotopic (exact) mass is 731 g/mol. The van der Waals surface area contributed by atoms with Crippen LogP contribution in [0.3, 0.4) is 0 Å². The Morgan fingerprint density at radius 2 is 1.44 bits per heavy atom. The van der Waals surface area contributed by atoms with Gasteiger partial charge in [-0.15, -0.1) is 5.10 Å². The highest BCUT2D eigenvalue weighted by molar-refractivity contribution is 5.79. The number of halogens is 10. The highest BCUT2D eigenvalue weighted by atomic mass is 19.4. The number of likely N-dealkylation sites (N-methyl/N-ethyl adjacent to an activating group) is 1. The number of rotatable bonds is 10.